The van der Waals surface area contributed by atoms with E-state index in [1.807, 2.05) is 27.2 Å². The molecule has 0 rings (SSSR count). The van der Waals surface area contributed by atoms with E-state index in [0.29, 0.717) is 17.4 Å². The Bertz CT molecular complexity index is 1040. The van der Waals surface area contributed by atoms with Crippen molar-refractivity contribution in [2.75, 3.05) is 40.9 Å². The van der Waals surface area contributed by atoms with Crippen molar-refractivity contribution in [3.8, 4) is 0 Å². The van der Waals surface area contributed by atoms with Crippen LogP contribution in [0.4, 0.5) is 0 Å². The highest BCUT2D eigenvalue weighted by Crippen LogP contribution is 2.43. The van der Waals surface area contributed by atoms with E-state index in [1.165, 1.54) is 161 Å². The lowest BCUT2D eigenvalue weighted by Crippen LogP contribution is -2.45. The molecule has 0 spiro atoms. The fourth-order valence-electron chi connectivity index (χ4n) is 6.93. The molecule has 0 fully saturated rings. The SMILES string of the molecule is CCCCCCCCCC/C=C\CCCCCCCCCC(=O)NC(COP(=O)(O)OCC[N+](C)(C)C)C(O)/C=C/CC/C=C/CCCCCCCCCCCCC. The molecule has 1 amide bonds. The summed E-state index contributed by atoms with van der Waals surface area (Å²) in [5.74, 6) is -0.191. The zero-order valence-electron chi connectivity index (χ0n) is 38.8. The van der Waals surface area contributed by atoms with Gasteiger partial charge in [0.1, 0.15) is 13.2 Å². The van der Waals surface area contributed by atoms with E-state index in [-0.39, 0.29) is 19.1 Å². The number of unbranched alkanes of at least 4 members (excludes halogenated alkanes) is 27. The summed E-state index contributed by atoms with van der Waals surface area (Å²) in [6, 6.07) is -0.864. The quantitative estimate of drug-likeness (QED) is 0.0244. The van der Waals surface area contributed by atoms with Gasteiger partial charge in [-0.2, -0.15) is 0 Å². The van der Waals surface area contributed by atoms with Crippen LogP contribution in [0, 0.1) is 0 Å². The molecule has 0 saturated heterocycles. The third kappa shape index (κ3) is 42.8. The number of hydrogen-bond acceptors (Lipinski definition) is 5. The number of allylic oxidation sites excluding steroid dienone is 5. The first kappa shape index (κ1) is 56.7. The number of likely N-dealkylation sites (N-methyl/N-ethyl adjacent to an activating group) is 1. The Labute approximate surface area is 359 Å². The number of phosphoric ester groups is 1. The molecule has 58 heavy (non-hydrogen) atoms. The van der Waals surface area contributed by atoms with Crippen molar-refractivity contribution in [3.63, 3.8) is 0 Å². The molecule has 3 N–H and O–H groups in total. The second-order valence-corrected chi connectivity index (χ2v) is 19.3. The number of nitrogens with zero attached hydrogens (tertiary/aromatic N) is 1. The lowest BCUT2D eigenvalue weighted by atomic mass is 10.1. The van der Waals surface area contributed by atoms with E-state index in [1.54, 1.807) is 6.08 Å². The lowest BCUT2D eigenvalue weighted by molar-refractivity contribution is -0.870. The number of aliphatic hydroxyl groups excluding tert-OH is 1. The van der Waals surface area contributed by atoms with Crippen molar-refractivity contribution in [3.05, 3.63) is 36.5 Å². The first-order valence-electron chi connectivity index (χ1n) is 24.4. The normalized spacial score (nSPS) is 14.5. The summed E-state index contributed by atoms with van der Waals surface area (Å²) in [4.78, 5) is 23.2. The van der Waals surface area contributed by atoms with Gasteiger partial charge in [-0.05, 0) is 57.8 Å². The molecule has 0 aromatic heterocycles. The second kappa shape index (κ2) is 41.1. The Balaban J connectivity index is 4.40. The molecule has 0 radical (unpaired) electrons. The molecule has 0 aromatic rings. The minimum Gasteiger partial charge on any atom is -0.387 e. The highest BCUT2D eigenvalue weighted by Gasteiger charge is 2.27. The summed E-state index contributed by atoms with van der Waals surface area (Å²) >= 11 is 0. The molecular weight excluding hydrogens is 744 g/mol. The van der Waals surface area contributed by atoms with Gasteiger partial charge in [-0.1, -0.05) is 192 Å². The van der Waals surface area contributed by atoms with Crippen LogP contribution in [-0.2, 0) is 18.4 Å². The summed E-state index contributed by atoms with van der Waals surface area (Å²) in [7, 11) is 1.55. The number of rotatable bonds is 44. The number of quaternary nitrogens is 1. The largest absolute Gasteiger partial charge is 0.472 e. The highest BCUT2D eigenvalue weighted by atomic mass is 31.2. The molecule has 0 bridgehead atoms. The van der Waals surface area contributed by atoms with Crippen LogP contribution in [0.5, 0.6) is 0 Å². The predicted molar refractivity (Wildman–Crippen MR) is 249 cm³/mol. The maximum Gasteiger partial charge on any atom is 0.472 e. The van der Waals surface area contributed by atoms with E-state index in [9.17, 15) is 19.4 Å². The van der Waals surface area contributed by atoms with Gasteiger partial charge < -0.3 is 19.8 Å². The number of carbonyl (C=O) groups excluding carboxylic acids is 1. The zero-order valence-corrected chi connectivity index (χ0v) is 39.7. The Morgan fingerprint density at radius 3 is 1.38 bits per heavy atom. The van der Waals surface area contributed by atoms with Gasteiger partial charge in [0.05, 0.1) is 39.9 Å². The number of phosphoric acid groups is 1. The lowest BCUT2D eigenvalue weighted by Gasteiger charge is -2.25. The van der Waals surface area contributed by atoms with Crippen molar-refractivity contribution in [1.29, 1.82) is 0 Å². The molecule has 342 valence electrons. The van der Waals surface area contributed by atoms with E-state index in [2.05, 4.69) is 43.5 Å². The number of hydrogen-bond donors (Lipinski definition) is 3. The van der Waals surface area contributed by atoms with Crippen LogP contribution in [-0.4, -0.2) is 73.4 Å². The van der Waals surface area contributed by atoms with E-state index in [4.69, 9.17) is 9.05 Å². The fourth-order valence-corrected chi connectivity index (χ4v) is 7.67. The van der Waals surface area contributed by atoms with Gasteiger partial charge in [-0.3, -0.25) is 13.8 Å². The van der Waals surface area contributed by atoms with Crippen LogP contribution in [0.1, 0.15) is 219 Å². The summed E-state index contributed by atoms with van der Waals surface area (Å²) < 4.78 is 23.6. The number of nitrogens with one attached hydrogen (secondary N) is 1. The third-order valence-electron chi connectivity index (χ3n) is 10.8. The molecule has 0 aromatic carbocycles. The van der Waals surface area contributed by atoms with Crippen LogP contribution < -0.4 is 5.32 Å². The molecule has 9 heteroatoms. The first-order valence-corrected chi connectivity index (χ1v) is 25.9. The average Bonchev–Trinajstić information content (AvgIpc) is 3.17. The van der Waals surface area contributed by atoms with Crippen molar-refractivity contribution >= 4 is 13.7 Å². The fraction of sp³-hybridized carbons (Fsp3) is 0.857. The van der Waals surface area contributed by atoms with Crippen molar-refractivity contribution < 1.29 is 32.9 Å². The van der Waals surface area contributed by atoms with Gasteiger partial charge in [0.15, 0.2) is 0 Å². The van der Waals surface area contributed by atoms with Crippen LogP contribution >= 0.6 is 7.82 Å². The van der Waals surface area contributed by atoms with Gasteiger partial charge in [-0.25, -0.2) is 4.57 Å². The Morgan fingerprint density at radius 1 is 0.569 bits per heavy atom. The maximum atomic E-state index is 12.9. The van der Waals surface area contributed by atoms with Crippen LogP contribution in [0.15, 0.2) is 36.5 Å². The molecule has 3 unspecified atom stereocenters. The minimum atomic E-state index is -4.35. The number of aliphatic hydroxyl groups is 1. The first-order chi connectivity index (χ1) is 28.0. The minimum absolute atomic E-state index is 0.0555. The van der Waals surface area contributed by atoms with Crippen LogP contribution in [0.25, 0.3) is 0 Å². The average molecular weight is 840 g/mol. The maximum absolute atomic E-state index is 12.9. The summed E-state index contributed by atoms with van der Waals surface area (Å²) in [6.07, 6.45) is 50.8. The zero-order chi connectivity index (χ0) is 42.8. The molecule has 0 saturated carbocycles. The summed E-state index contributed by atoms with van der Waals surface area (Å²) in [6.45, 7) is 4.80. The Morgan fingerprint density at radius 2 is 0.948 bits per heavy atom. The summed E-state index contributed by atoms with van der Waals surface area (Å²) in [5, 5.41) is 13.8. The predicted octanol–water partition coefficient (Wildman–Crippen LogP) is 13.9. The number of carbonyl (C=O) groups is 1. The van der Waals surface area contributed by atoms with Gasteiger partial charge in [-0.15, -0.1) is 0 Å². The van der Waals surface area contributed by atoms with Gasteiger partial charge in [0, 0.05) is 6.42 Å². The summed E-state index contributed by atoms with van der Waals surface area (Å²) in [5.41, 5.74) is 0. The number of amides is 1. The van der Waals surface area contributed by atoms with E-state index in [0.717, 1.165) is 38.5 Å². The standard InChI is InChI=1S/C49H95N2O6P/c1-6-8-10-12-14-16-18-20-22-24-25-27-29-31-33-35-37-39-41-43-49(53)50-47(46-57-58(54,55)56-45-44-51(3,4)5)48(52)42-40-38-36-34-32-30-28-26-23-21-19-17-15-13-11-9-7-2/h24-25,32,34,40,42,47-48,52H,6-23,26-31,33,35-39,41,43-46H2,1-5H3,(H-,50,53,54,55)/p+1/b25-24-,34-32+,42-40+. The van der Waals surface area contributed by atoms with Gasteiger partial charge >= 0.3 is 7.82 Å². The van der Waals surface area contributed by atoms with Crippen molar-refractivity contribution in [2.24, 2.45) is 0 Å². The third-order valence-corrected chi connectivity index (χ3v) is 11.8. The molecule has 0 aliphatic heterocycles. The van der Waals surface area contributed by atoms with E-state index < -0.39 is 20.0 Å². The van der Waals surface area contributed by atoms with Crippen LogP contribution in [0.3, 0.4) is 0 Å². The van der Waals surface area contributed by atoms with Crippen molar-refractivity contribution in [1.82, 2.24) is 5.32 Å². The molecular formula is C49H96N2O6P+. The smallest absolute Gasteiger partial charge is 0.387 e. The Hall–Kier alpha value is -1.28. The van der Waals surface area contributed by atoms with Gasteiger partial charge in [0.2, 0.25) is 5.91 Å². The van der Waals surface area contributed by atoms with Crippen molar-refractivity contribution in [2.45, 2.75) is 231 Å². The highest BCUT2D eigenvalue weighted by molar-refractivity contribution is 7.47. The molecule has 3 atom stereocenters. The second-order valence-electron chi connectivity index (χ2n) is 17.8. The molecule has 0 aliphatic carbocycles. The molecule has 0 heterocycles. The Kier molecular flexibility index (Phi) is 40.2. The van der Waals surface area contributed by atoms with Gasteiger partial charge in [0.25, 0.3) is 0 Å². The topological polar surface area (TPSA) is 105 Å². The molecule has 0 aliphatic rings. The van der Waals surface area contributed by atoms with E-state index >= 15 is 0 Å². The molecule has 8 nitrogen and oxygen atoms in total. The monoisotopic (exact) mass is 840 g/mol. The van der Waals surface area contributed by atoms with Crippen LogP contribution in [0.2, 0.25) is 0 Å².